The molecule has 0 saturated heterocycles. The van der Waals surface area contributed by atoms with Crippen LogP contribution in [-0.4, -0.2) is 50.7 Å². The third kappa shape index (κ3) is 6.19. The molecule has 7 nitrogen and oxygen atoms in total. The molecule has 1 unspecified atom stereocenters. The van der Waals surface area contributed by atoms with Crippen molar-refractivity contribution in [3.63, 3.8) is 0 Å². The second kappa shape index (κ2) is 11.1. The molecule has 1 aliphatic rings. The number of amides is 1. The molecule has 0 aliphatic carbocycles. The Morgan fingerprint density at radius 2 is 1.87 bits per heavy atom. The highest BCUT2D eigenvalue weighted by Gasteiger charge is 2.47. The van der Waals surface area contributed by atoms with E-state index >= 15 is 0 Å². The van der Waals surface area contributed by atoms with Crippen LogP contribution < -0.4 is 0 Å². The van der Waals surface area contributed by atoms with E-state index in [1.165, 1.54) is 11.8 Å². The van der Waals surface area contributed by atoms with E-state index < -0.39 is 26.5 Å². The van der Waals surface area contributed by atoms with Gasteiger partial charge in [0.1, 0.15) is 17.9 Å². The van der Waals surface area contributed by atoms with Crippen LogP contribution in [-0.2, 0) is 28.3 Å². The lowest BCUT2D eigenvalue weighted by Crippen LogP contribution is -2.58. The average Bonchev–Trinajstić information content (AvgIpc) is 2.72. The Bertz CT molecular complexity index is 823. The number of benzene rings is 1. The quantitative estimate of drug-likeness (QED) is 0.309. The third-order valence-electron chi connectivity index (χ3n) is 5.22. The van der Waals surface area contributed by atoms with Crippen molar-refractivity contribution < 1.29 is 28.3 Å². The molecule has 0 fully saturated rings. The molecule has 1 heterocycles. The standard InChI is InChI=1S/C23H33NO6Si/c1-6-7-11-14-23(3,22(27)30-31(4)5)24-16-29-19(15-28-17(2)25)20(21(24)26)18-12-9-8-10-13-18/h8-10,12-13,31H,6-7,11,14-16H2,1-5H3. The van der Waals surface area contributed by atoms with Gasteiger partial charge in [0.15, 0.2) is 6.73 Å². The van der Waals surface area contributed by atoms with E-state index in [-0.39, 0.29) is 25.0 Å². The molecule has 2 rings (SSSR count). The minimum atomic E-state index is -1.65. The van der Waals surface area contributed by atoms with Crippen LogP contribution in [0, 0.1) is 0 Å². The first-order valence-corrected chi connectivity index (χ1v) is 13.6. The Labute approximate surface area is 186 Å². The van der Waals surface area contributed by atoms with Gasteiger partial charge in [-0.15, -0.1) is 0 Å². The van der Waals surface area contributed by atoms with Crippen LogP contribution in [0.4, 0.5) is 0 Å². The molecule has 0 spiro atoms. The minimum absolute atomic E-state index is 0.108. The van der Waals surface area contributed by atoms with E-state index in [0.29, 0.717) is 17.6 Å². The van der Waals surface area contributed by atoms with Crippen LogP contribution in [0.25, 0.3) is 5.57 Å². The fraction of sp³-hybridized carbons (Fsp3) is 0.522. The number of hydrogen-bond acceptors (Lipinski definition) is 6. The van der Waals surface area contributed by atoms with Crippen molar-refractivity contribution in [2.75, 3.05) is 13.3 Å². The number of rotatable bonds is 10. The monoisotopic (exact) mass is 447 g/mol. The zero-order chi connectivity index (χ0) is 23.0. The molecule has 1 aliphatic heterocycles. The van der Waals surface area contributed by atoms with Gasteiger partial charge in [0.2, 0.25) is 9.04 Å². The van der Waals surface area contributed by atoms with E-state index in [9.17, 15) is 14.4 Å². The van der Waals surface area contributed by atoms with Gasteiger partial charge in [0.05, 0.1) is 5.57 Å². The number of nitrogens with zero attached hydrogens (tertiary/aromatic N) is 1. The molecule has 0 radical (unpaired) electrons. The summed E-state index contributed by atoms with van der Waals surface area (Å²) < 4.78 is 16.7. The second-order valence-electron chi connectivity index (χ2n) is 8.14. The van der Waals surface area contributed by atoms with Gasteiger partial charge in [0.25, 0.3) is 5.91 Å². The SMILES string of the molecule is CCCCCC(C)(C(=O)O[SiH](C)C)N1COC(COC(C)=O)=C(c2ccccc2)C1=O. The number of hydrogen-bond donors (Lipinski definition) is 0. The first-order chi connectivity index (χ1) is 14.7. The predicted octanol–water partition coefficient (Wildman–Crippen LogP) is 3.64. The molecule has 8 heteroatoms. The Balaban J connectivity index is 2.46. The van der Waals surface area contributed by atoms with Crippen LogP contribution in [0.1, 0.15) is 52.0 Å². The molecular weight excluding hydrogens is 414 g/mol. The van der Waals surface area contributed by atoms with Crippen molar-refractivity contribution in [2.24, 2.45) is 0 Å². The van der Waals surface area contributed by atoms with Gasteiger partial charge in [-0.05, 0) is 32.0 Å². The second-order valence-corrected chi connectivity index (χ2v) is 10.5. The zero-order valence-corrected chi connectivity index (χ0v) is 20.3. The van der Waals surface area contributed by atoms with Gasteiger partial charge in [-0.1, -0.05) is 56.5 Å². The van der Waals surface area contributed by atoms with Gasteiger partial charge in [-0.3, -0.25) is 19.3 Å². The maximum absolute atomic E-state index is 13.7. The number of carbonyl (C=O) groups excluding carboxylic acids is 3. The van der Waals surface area contributed by atoms with Gasteiger partial charge in [0, 0.05) is 6.92 Å². The predicted molar refractivity (Wildman–Crippen MR) is 120 cm³/mol. The maximum Gasteiger partial charge on any atom is 0.318 e. The van der Waals surface area contributed by atoms with Crippen LogP contribution in [0.5, 0.6) is 0 Å². The normalized spacial score (nSPS) is 16.1. The Kier molecular flexibility index (Phi) is 8.85. The number of carbonyl (C=O) groups is 3. The molecule has 1 amide bonds. The smallest absolute Gasteiger partial charge is 0.318 e. The lowest BCUT2D eigenvalue weighted by atomic mass is 9.90. The lowest BCUT2D eigenvalue weighted by Gasteiger charge is -2.42. The highest BCUT2D eigenvalue weighted by atomic mass is 28.3. The van der Waals surface area contributed by atoms with Crippen molar-refractivity contribution >= 4 is 32.5 Å². The molecule has 31 heavy (non-hydrogen) atoms. The van der Waals surface area contributed by atoms with Crippen LogP contribution in [0.2, 0.25) is 13.1 Å². The van der Waals surface area contributed by atoms with Crippen LogP contribution >= 0.6 is 0 Å². The van der Waals surface area contributed by atoms with Crippen molar-refractivity contribution in [2.45, 2.75) is 65.1 Å². The first-order valence-electron chi connectivity index (χ1n) is 10.8. The largest absolute Gasteiger partial charge is 0.521 e. The zero-order valence-electron chi connectivity index (χ0n) is 19.1. The summed E-state index contributed by atoms with van der Waals surface area (Å²) in [6.07, 6.45) is 3.22. The molecular formula is C23H33NO6Si. The molecule has 1 aromatic carbocycles. The molecule has 0 aromatic heterocycles. The van der Waals surface area contributed by atoms with Crippen molar-refractivity contribution in [1.82, 2.24) is 4.90 Å². The maximum atomic E-state index is 13.7. The van der Waals surface area contributed by atoms with Crippen molar-refractivity contribution in [3.8, 4) is 0 Å². The molecule has 0 saturated carbocycles. The highest BCUT2D eigenvalue weighted by Crippen LogP contribution is 2.34. The molecule has 170 valence electrons. The molecule has 1 atom stereocenters. The lowest BCUT2D eigenvalue weighted by molar-refractivity contribution is -0.162. The average molecular weight is 448 g/mol. The van der Waals surface area contributed by atoms with E-state index in [1.54, 1.807) is 19.1 Å². The van der Waals surface area contributed by atoms with Crippen molar-refractivity contribution in [1.29, 1.82) is 0 Å². The summed E-state index contributed by atoms with van der Waals surface area (Å²) in [5, 5.41) is 0. The number of unbranched alkanes of at least 4 members (excludes halogenated alkanes) is 2. The van der Waals surface area contributed by atoms with E-state index in [0.717, 1.165) is 19.3 Å². The van der Waals surface area contributed by atoms with Crippen molar-refractivity contribution in [3.05, 3.63) is 41.7 Å². The summed E-state index contributed by atoms with van der Waals surface area (Å²) in [7, 11) is -1.65. The fourth-order valence-corrected chi connectivity index (χ4v) is 4.15. The van der Waals surface area contributed by atoms with Gasteiger partial charge >= 0.3 is 11.9 Å². The third-order valence-corrected chi connectivity index (χ3v) is 5.91. The fourth-order valence-electron chi connectivity index (χ4n) is 3.47. The summed E-state index contributed by atoms with van der Waals surface area (Å²) in [6, 6.07) is 9.07. The van der Waals surface area contributed by atoms with Gasteiger partial charge < -0.3 is 13.9 Å². The number of esters is 1. The highest BCUT2D eigenvalue weighted by molar-refractivity contribution is 6.50. The molecule has 1 aromatic rings. The van der Waals surface area contributed by atoms with Crippen LogP contribution in [0.15, 0.2) is 36.1 Å². The van der Waals surface area contributed by atoms with E-state index in [1.807, 2.05) is 31.3 Å². The van der Waals surface area contributed by atoms with E-state index in [4.69, 9.17) is 13.9 Å². The minimum Gasteiger partial charge on any atom is -0.521 e. The summed E-state index contributed by atoms with van der Waals surface area (Å²) in [5.74, 6) is -0.905. The summed E-state index contributed by atoms with van der Waals surface area (Å²) >= 11 is 0. The Morgan fingerprint density at radius 1 is 1.19 bits per heavy atom. The van der Waals surface area contributed by atoms with E-state index in [2.05, 4.69) is 6.92 Å². The van der Waals surface area contributed by atoms with Crippen LogP contribution in [0.3, 0.4) is 0 Å². The summed E-state index contributed by atoms with van der Waals surface area (Å²) in [6.45, 7) is 8.73. The topological polar surface area (TPSA) is 82.1 Å². The Hall–Kier alpha value is -2.61. The van der Waals surface area contributed by atoms with Gasteiger partial charge in [-0.2, -0.15) is 0 Å². The molecule has 0 N–H and O–H groups in total. The number of ether oxygens (including phenoxy) is 2. The summed E-state index contributed by atoms with van der Waals surface area (Å²) in [4.78, 5) is 39.6. The molecule has 0 bridgehead atoms. The first kappa shape index (κ1) is 24.7. The Morgan fingerprint density at radius 3 is 2.45 bits per heavy atom. The summed E-state index contributed by atoms with van der Waals surface area (Å²) in [5.41, 5.74) is -0.206. The van der Waals surface area contributed by atoms with Gasteiger partial charge in [-0.25, -0.2) is 0 Å².